The standard InChI is InChI=1S/C28H23N5O6S2/c1-4-39-26(36)23-16(3)30-28-32(24(23)18-8-6-5-7-9-18)25(35)21(41-28)14-17-10-11-20(19(13-17)33(37)38)40-27-29-15(2)12-22(34)31-27/h5-14,24H,4H2,1-3H3,(H,29,31,34)/b21-14+/t24-/m0/s1. The first-order chi connectivity index (χ1) is 19.7. The summed E-state index contributed by atoms with van der Waals surface area (Å²) >= 11 is 2.09. The molecule has 4 aromatic rings. The molecular formula is C28H23N5O6S2. The molecule has 2 aromatic heterocycles. The normalized spacial score (nSPS) is 14.9. The van der Waals surface area contributed by atoms with Crippen molar-refractivity contribution in [3.63, 3.8) is 0 Å². The summed E-state index contributed by atoms with van der Waals surface area (Å²) in [4.78, 5) is 61.9. The molecule has 0 saturated heterocycles. The van der Waals surface area contributed by atoms with Crippen molar-refractivity contribution in [1.29, 1.82) is 0 Å². The van der Waals surface area contributed by atoms with E-state index >= 15 is 0 Å². The summed E-state index contributed by atoms with van der Waals surface area (Å²) in [5, 5.41) is 12.2. The predicted octanol–water partition coefficient (Wildman–Crippen LogP) is 3.25. The Hall–Kier alpha value is -4.62. The number of nitro groups is 1. The van der Waals surface area contributed by atoms with Gasteiger partial charge in [0.2, 0.25) is 0 Å². The van der Waals surface area contributed by atoms with Crippen molar-refractivity contribution in [2.75, 3.05) is 6.61 Å². The summed E-state index contributed by atoms with van der Waals surface area (Å²) in [6, 6.07) is 14.3. The second-order valence-corrected chi connectivity index (χ2v) is 11.0. The average Bonchev–Trinajstić information content (AvgIpc) is 3.22. The van der Waals surface area contributed by atoms with E-state index in [9.17, 15) is 24.5 Å². The topological polar surface area (TPSA) is 150 Å². The highest BCUT2D eigenvalue weighted by atomic mass is 32.2. The maximum absolute atomic E-state index is 13.8. The molecule has 1 N–H and O–H groups in total. The molecule has 208 valence electrons. The van der Waals surface area contributed by atoms with Crippen LogP contribution in [0.3, 0.4) is 0 Å². The molecule has 0 fully saturated rings. The highest BCUT2D eigenvalue weighted by molar-refractivity contribution is 7.99. The minimum atomic E-state index is -0.745. The van der Waals surface area contributed by atoms with Gasteiger partial charge in [0.25, 0.3) is 16.8 Å². The van der Waals surface area contributed by atoms with Gasteiger partial charge in [0.15, 0.2) is 9.96 Å². The second kappa shape index (κ2) is 11.5. The van der Waals surface area contributed by atoms with Gasteiger partial charge in [-0.2, -0.15) is 0 Å². The molecule has 5 rings (SSSR count). The Morgan fingerprint density at radius 3 is 2.63 bits per heavy atom. The molecule has 0 amide bonds. The number of aromatic nitrogens is 3. The monoisotopic (exact) mass is 589 g/mol. The number of nitrogens with zero attached hydrogens (tertiary/aromatic N) is 4. The fourth-order valence-electron chi connectivity index (χ4n) is 4.45. The first kappa shape index (κ1) is 27.9. The number of benzene rings is 2. The van der Waals surface area contributed by atoms with Crippen molar-refractivity contribution in [3.8, 4) is 0 Å². The summed E-state index contributed by atoms with van der Waals surface area (Å²) in [6.45, 7) is 5.24. The van der Waals surface area contributed by atoms with E-state index in [0.717, 1.165) is 28.7 Å². The molecule has 2 aromatic carbocycles. The summed E-state index contributed by atoms with van der Waals surface area (Å²) in [6.07, 6.45) is 1.56. The van der Waals surface area contributed by atoms with Gasteiger partial charge in [-0.15, -0.1) is 0 Å². The Bertz CT molecular complexity index is 1960. The molecule has 0 radical (unpaired) electrons. The van der Waals surface area contributed by atoms with E-state index < -0.39 is 16.9 Å². The zero-order valence-corrected chi connectivity index (χ0v) is 23.7. The van der Waals surface area contributed by atoms with Crippen molar-refractivity contribution in [2.45, 2.75) is 36.9 Å². The van der Waals surface area contributed by atoms with Crippen LogP contribution in [0.4, 0.5) is 5.69 Å². The lowest BCUT2D eigenvalue weighted by Crippen LogP contribution is -2.39. The number of nitro benzene ring substituents is 1. The molecule has 13 heteroatoms. The third kappa shape index (κ3) is 5.67. The van der Waals surface area contributed by atoms with Gasteiger partial charge in [-0.3, -0.25) is 24.3 Å². The van der Waals surface area contributed by atoms with Crippen molar-refractivity contribution in [3.05, 3.63) is 123 Å². The highest BCUT2D eigenvalue weighted by Gasteiger charge is 2.33. The Balaban J connectivity index is 1.61. The largest absolute Gasteiger partial charge is 0.463 e. The number of carbonyl (C=O) groups excluding carboxylic acids is 1. The van der Waals surface area contributed by atoms with Crippen LogP contribution in [0.1, 0.15) is 36.7 Å². The zero-order valence-electron chi connectivity index (χ0n) is 22.1. The first-order valence-electron chi connectivity index (χ1n) is 12.4. The van der Waals surface area contributed by atoms with Crippen molar-refractivity contribution in [1.82, 2.24) is 14.5 Å². The number of ether oxygens (including phenoxy) is 1. The third-order valence-corrected chi connectivity index (χ3v) is 8.10. The molecule has 41 heavy (non-hydrogen) atoms. The molecule has 1 atom stereocenters. The van der Waals surface area contributed by atoms with Crippen LogP contribution >= 0.6 is 23.1 Å². The number of nitrogens with one attached hydrogen (secondary N) is 1. The Morgan fingerprint density at radius 1 is 1.20 bits per heavy atom. The number of carbonyl (C=O) groups is 1. The van der Waals surface area contributed by atoms with Crippen LogP contribution in [0.2, 0.25) is 0 Å². The van der Waals surface area contributed by atoms with Crippen LogP contribution in [0.15, 0.2) is 90.5 Å². The number of allylic oxidation sites excluding steroid dienone is 1. The quantitative estimate of drug-likeness (QED) is 0.149. The third-order valence-electron chi connectivity index (χ3n) is 6.16. The lowest BCUT2D eigenvalue weighted by molar-refractivity contribution is -0.387. The number of esters is 1. The lowest BCUT2D eigenvalue weighted by Gasteiger charge is -2.24. The van der Waals surface area contributed by atoms with Crippen LogP contribution < -0.4 is 20.5 Å². The van der Waals surface area contributed by atoms with Crippen LogP contribution in [0, 0.1) is 17.0 Å². The maximum atomic E-state index is 13.8. The van der Waals surface area contributed by atoms with E-state index in [1.54, 1.807) is 39.0 Å². The van der Waals surface area contributed by atoms with Gasteiger partial charge < -0.3 is 9.72 Å². The van der Waals surface area contributed by atoms with Crippen molar-refractivity contribution in [2.24, 2.45) is 4.99 Å². The summed E-state index contributed by atoms with van der Waals surface area (Å²) in [5.74, 6) is -0.551. The van der Waals surface area contributed by atoms with Crippen LogP contribution in [-0.4, -0.2) is 32.0 Å². The average molecular weight is 590 g/mol. The van der Waals surface area contributed by atoms with E-state index in [0.29, 0.717) is 26.3 Å². The number of aromatic amines is 1. The first-order valence-corrected chi connectivity index (χ1v) is 14.1. The summed E-state index contributed by atoms with van der Waals surface area (Å²) < 4.78 is 7.05. The molecule has 0 bridgehead atoms. The van der Waals surface area contributed by atoms with E-state index in [1.165, 1.54) is 16.7 Å². The number of fused-ring (bicyclic) bond motifs is 1. The minimum absolute atomic E-state index is 0.171. The molecule has 0 aliphatic carbocycles. The molecule has 0 spiro atoms. The number of H-pyrrole nitrogens is 1. The van der Waals surface area contributed by atoms with E-state index in [-0.39, 0.29) is 39.0 Å². The Labute approximate surface area is 240 Å². The van der Waals surface area contributed by atoms with Gasteiger partial charge in [-0.1, -0.05) is 47.7 Å². The SMILES string of the molecule is CCOC(=O)C1=C(C)N=c2s/c(=C/c3ccc(Sc4nc(C)cc(=O)[nH]4)c([N+](=O)[O-])c3)c(=O)n2[C@H]1c1ccccc1. The van der Waals surface area contributed by atoms with E-state index in [4.69, 9.17) is 4.74 Å². The fourth-order valence-corrected chi connectivity index (χ4v) is 6.42. The number of thiazole rings is 1. The predicted molar refractivity (Wildman–Crippen MR) is 154 cm³/mol. The maximum Gasteiger partial charge on any atom is 0.338 e. The fraction of sp³-hybridized carbons (Fsp3) is 0.179. The van der Waals surface area contributed by atoms with Gasteiger partial charge in [0.1, 0.15) is 0 Å². The molecule has 0 unspecified atom stereocenters. The molecule has 1 aliphatic rings. The molecular weight excluding hydrogens is 566 g/mol. The van der Waals surface area contributed by atoms with Gasteiger partial charge >= 0.3 is 5.97 Å². The molecule has 1 aliphatic heterocycles. The Kier molecular flexibility index (Phi) is 7.81. The van der Waals surface area contributed by atoms with Crippen molar-refractivity contribution < 1.29 is 14.5 Å². The second-order valence-electron chi connectivity index (χ2n) is 8.99. The van der Waals surface area contributed by atoms with E-state index in [2.05, 4.69) is 15.0 Å². The van der Waals surface area contributed by atoms with Crippen molar-refractivity contribution >= 4 is 40.8 Å². The number of aryl methyl sites for hydroxylation is 1. The molecule has 3 heterocycles. The molecule has 11 nitrogen and oxygen atoms in total. The number of hydrogen-bond donors (Lipinski definition) is 1. The van der Waals surface area contributed by atoms with Crippen LogP contribution in [0.5, 0.6) is 0 Å². The van der Waals surface area contributed by atoms with Gasteiger partial charge in [0.05, 0.1) is 38.3 Å². The number of hydrogen-bond acceptors (Lipinski definition) is 10. The van der Waals surface area contributed by atoms with Crippen LogP contribution in [0.25, 0.3) is 6.08 Å². The smallest absolute Gasteiger partial charge is 0.338 e. The molecule has 0 saturated carbocycles. The van der Waals surface area contributed by atoms with Gasteiger partial charge in [-0.25, -0.2) is 14.8 Å². The zero-order chi connectivity index (χ0) is 29.3. The van der Waals surface area contributed by atoms with Gasteiger partial charge in [-0.05, 0) is 55.8 Å². The van der Waals surface area contributed by atoms with Gasteiger partial charge in [0, 0.05) is 17.8 Å². The number of rotatable bonds is 7. The van der Waals surface area contributed by atoms with E-state index in [1.807, 2.05) is 30.3 Å². The van der Waals surface area contributed by atoms with Crippen LogP contribution in [-0.2, 0) is 9.53 Å². The Morgan fingerprint density at radius 2 is 1.95 bits per heavy atom. The minimum Gasteiger partial charge on any atom is -0.463 e. The highest BCUT2D eigenvalue weighted by Crippen LogP contribution is 2.34. The summed E-state index contributed by atoms with van der Waals surface area (Å²) in [7, 11) is 0. The lowest BCUT2D eigenvalue weighted by atomic mass is 9.96. The summed E-state index contributed by atoms with van der Waals surface area (Å²) in [5.41, 5.74) is 1.40.